The minimum atomic E-state index is -4.79. The van der Waals surface area contributed by atoms with E-state index in [9.17, 15) is 22.4 Å². The van der Waals surface area contributed by atoms with Crippen LogP contribution >= 0.6 is 23.2 Å². The molecule has 0 amide bonds. The van der Waals surface area contributed by atoms with Gasteiger partial charge in [0, 0.05) is 17.2 Å². The molecule has 0 aliphatic heterocycles. The third-order valence-corrected chi connectivity index (χ3v) is 5.03. The molecule has 0 N–H and O–H groups in total. The second-order valence-corrected chi connectivity index (χ2v) is 7.73. The van der Waals surface area contributed by atoms with E-state index >= 15 is 0 Å². The Kier molecular flexibility index (Phi) is 7.90. The van der Waals surface area contributed by atoms with Crippen LogP contribution < -0.4 is 0 Å². The number of allylic oxidation sites excluding steroid dienone is 6. The van der Waals surface area contributed by atoms with Gasteiger partial charge in [-0.3, -0.25) is 10.1 Å². The highest BCUT2D eigenvalue weighted by atomic mass is 35.5. The van der Waals surface area contributed by atoms with Crippen molar-refractivity contribution in [2.75, 3.05) is 0 Å². The SMILES string of the molecule is O=[N+]([O-])c1ccc(\C=C/C=C\C=C/C=C\c2ccc(S(=O)(=O)F)cc2Cl)c(Cl)c1. The molecule has 0 unspecified atom stereocenters. The van der Waals surface area contributed by atoms with Crippen molar-refractivity contribution in [3.05, 3.63) is 104 Å². The minimum absolute atomic E-state index is 0.0709. The van der Waals surface area contributed by atoms with Gasteiger partial charge in [-0.15, -0.1) is 3.89 Å². The summed E-state index contributed by atoms with van der Waals surface area (Å²) >= 11 is 11.9. The number of hydrogen-bond acceptors (Lipinski definition) is 4. The summed E-state index contributed by atoms with van der Waals surface area (Å²) in [7, 11) is -4.79. The van der Waals surface area contributed by atoms with Gasteiger partial charge < -0.3 is 0 Å². The normalized spacial score (nSPS) is 12.7. The quantitative estimate of drug-likeness (QED) is 0.210. The van der Waals surface area contributed by atoms with E-state index in [0.29, 0.717) is 11.1 Å². The lowest BCUT2D eigenvalue weighted by atomic mass is 10.2. The Hall–Kier alpha value is -2.74. The van der Waals surface area contributed by atoms with E-state index in [1.165, 1.54) is 18.2 Å². The van der Waals surface area contributed by atoms with Crippen molar-refractivity contribution in [2.45, 2.75) is 4.90 Å². The smallest absolute Gasteiger partial charge is 0.258 e. The molecule has 0 atom stereocenters. The van der Waals surface area contributed by atoms with Gasteiger partial charge in [-0.25, -0.2) is 0 Å². The summed E-state index contributed by atoms with van der Waals surface area (Å²) in [4.78, 5) is 9.67. The molecule has 150 valence electrons. The van der Waals surface area contributed by atoms with Crippen LogP contribution in [0.25, 0.3) is 12.2 Å². The molecule has 0 radical (unpaired) electrons. The van der Waals surface area contributed by atoms with Crippen molar-refractivity contribution in [3.8, 4) is 0 Å². The van der Waals surface area contributed by atoms with Crippen molar-refractivity contribution in [3.63, 3.8) is 0 Å². The molecule has 9 heteroatoms. The molecule has 0 aromatic heterocycles. The first kappa shape index (κ1) is 22.5. The Labute approximate surface area is 177 Å². The van der Waals surface area contributed by atoms with Crippen LogP contribution in [0.15, 0.2) is 77.7 Å². The monoisotopic (exact) mass is 453 g/mol. The third kappa shape index (κ3) is 6.98. The average Bonchev–Trinajstić information content (AvgIpc) is 2.65. The summed E-state index contributed by atoms with van der Waals surface area (Å²) in [5.74, 6) is 0. The summed E-state index contributed by atoms with van der Waals surface area (Å²) in [6.45, 7) is 0. The fourth-order valence-electron chi connectivity index (χ4n) is 2.13. The lowest BCUT2D eigenvalue weighted by Crippen LogP contribution is -1.91. The molecule has 2 aromatic rings. The second-order valence-electron chi connectivity index (χ2n) is 5.57. The first-order valence-electron chi connectivity index (χ1n) is 8.05. The average molecular weight is 454 g/mol. The fraction of sp³-hybridized carbons (Fsp3) is 0. The van der Waals surface area contributed by atoms with Crippen LogP contribution in [0.1, 0.15) is 11.1 Å². The van der Waals surface area contributed by atoms with Crippen molar-refractivity contribution in [1.29, 1.82) is 0 Å². The lowest BCUT2D eigenvalue weighted by molar-refractivity contribution is -0.384. The van der Waals surface area contributed by atoms with Crippen LogP contribution in [0.3, 0.4) is 0 Å². The van der Waals surface area contributed by atoms with Gasteiger partial charge in [0.25, 0.3) is 5.69 Å². The van der Waals surface area contributed by atoms with Crippen molar-refractivity contribution < 1.29 is 17.2 Å². The zero-order valence-electron chi connectivity index (χ0n) is 14.7. The van der Waals surface area contributed by atoms with E-state index in [0.717, 1.165) is 12.1 Å². The van der Waals surface area contributed by atoms with Crippen molar-refractivity contribution in [1.82, 2.24) is 0 Å². The predicted octanol–water partition coefficient (Wildman–Crippen LogP) is 6.40. The number of nitro benzene ring substituents is 1. The van der Waals surface area contributed by atoms with Crippen LogP contribution in [0, 0.1) is 10.1 Å². The first-order valence-corrected chi connectivity index (χ1v) is 10.2. The fourth-order valence-corrected chi connectivity index (χ4v) is 3.17. The van der Waals surface area contributed by atoms with E-state index in [1.807, 2.05) is 0 Å². The molecule has 2 aromatic carbocycles. The van der Waals surface area contributed by atoms with Gasteiger partial charge >= 0.3 is 10.2 Å². The summed E-state index contributed by atoms with van der Waals surface area (Å²) in [6, 6.07) is 7.82. The molecule has 0 aliphatic carbocycles. The Morgan fingerprint density at radius 1 is 0.828 bits per heavy atom. The summed E-state index contributed by atoms with van der Waals surface area (Å²) in [5.41, 5.74) is 1.12. The highest BCUT2D eigenvalue weighted by molar-refractivity contribution is 7.86. The van der Waals surface area contributed by atoms with Crippen molar-refractivity contribution >= 4 is 51.3 Å². The molecule has 0 heterocycles. The van der Waals surface area contributed by atoms with Crippen LogP contribution in [0.4, 0.5) is 9.57 Å². The maximum absolute atomic E-state index is 12.9. The second kappa shape index (κ2) is 10.2. The predicted molar refractivity (Wildman–Crippen MR) is 114 cm³/mol. The largest absolute Gasteiger partial charge is 0.332 e. The highest BCUT2D eigenvalue weighted by Gasteiger charge is 2.12. The molecule has 0 saturated heterocycles. The number of nitrogens with zero attached hydrogens (tertiary/aromatic N) is 1. The first-order chi connectivity index (χ1) is 13.7. The van der Waals surface area contributed by atoms with Crippen LogP contribution in [-0.2, 0) is 10.2 Å². The Bertz CT molecular complexity index is 1140. The molecule has 29 heavy (non-hydrogen) atoms. The standard InChI is InChI=1S/C20H14Cl2FNO4S/c21-19-13-17(24(25)26)11-9-15(19)7-5-3-1-2-4-6-8-16-10-12-18(14-20(16)22)29(23,27)28/h1-14H/b3-1-,4-2-,7-5-,8-6-. The molecular weight excluding hydrogens is 440 g/mol. The molecule has 5 nitrogen and oxygen atoms in total. The van der Waals surface area contributed by atoms with Gasteiger partial charge in [-0.05, 0) is 29.3 Å². The zero-order valence-corrected chi connectivity index (χ0v) is 17.0. The van der Waals surface area contributed by atoms with Gasteiger partial charge in [0.2, 0.25) is 0 Å². The summed E-state index contributed by atoms with van der Waals surface area (Å²) in [6.07, 6.45) is 13.7. The molecule has 0 spiro atoms. The van der Waals surface area contributed by atoms with Crippen LogP contribution in [0.2, 0.25) is 10.0 Å². The van der Waals surface area contributed by atoms with Gasteiger partial charge in [-0.2, -0.15) is 8.42 Å². The van der Waals surface area contributed by atoms with E-state index in [4.69, 9.17) is 23.2 Å². The van der Waals surface area contributed by atoms with Crippen LogP contribution in [0.5, 0.6) is 0 Å². The van der Waals surface area contributed by atoms with E-state index < -0.39 is 20.0 Å². The van der Waals surface area contributed by atoms with E-state index in [1.54, 1.807) is 54.7 Å². The topological polar surface area (TPSA) is 77.3 Å². The molecule has 2 rings (SSSR count). The van der Waals surface area contributed by atoms with E-state index in [-0.39, 0.29) is 15.7 Å². The Balaban J connectivity index is 1.94. The molecule has 0 saturated carbocycles. The minimum Gasteiger partial charge on any atom is -0.258 e. The summed E-state index contributed by atoms with van der Waals surface area (Å²) in [5, 5.41) is 11.1. The number of hydrogen-bond donors (Lipinski definition) is 0. The molecular formula is C20H14Cl2FNO4S. The Morgan fingerprint density at radius 2 is 1.31 bits per heavy atom. The zero-order chi connectivity index (χ0) is 21.4. The van der Waals surface area contributed by atoms with Gasteiger partial charge in [-0.1, -0.05) is 77.9 Å². The van der Waals surface area contributed by atoms with Crippen molar-refractivity contribution in [2.24, 2.45) is 0 Å². The maximum Gasteiger partial charge on any atom is 0.332 e. The van der Waals surface area contributed by atoms with E-state index in [2.05, 4.69) is 0 Å². The lowest BCUT2D eigenvalue weighted by Gasteiger charge is -2.00. The maximum atomic E-state index is 12.9. The number of rotatable bonds is 7. The molecule has 0 bridgehead atoms. The molecule has 0 fully saturated rings. The highest BCUT2D eigenvalue weighted by Crippen LogP contribution is 2.24. The van der Waals surface area contributed by atoms with Gasteiger partial charge in [0.15, 0.2) is 0 Å². The number of benzene rings is 2. The van der Waals surface area contributed by atoms with Gasteiger partial charge in [0.05, 0.1) is 14.8 Å². The van der Waals surface area contributed by atoms with Crippen LogP contribution in [-0.4, -0.2) is 13.3 Å². The number of halogens is 3. The molecule has 0 aliphatic rings. The number of non-ortho nitro benzene ring substituents is 1. The third-order valence-electron chi connectivity index (χ3n) is 3.56. The Morgan fingerprint density at radius 3 is 1.76 bits per heavy atom. The number of nitro groups is 1. The summed E-state index contributed by atoms with van der Waals surface area (Å²) < 4.78 is 34.6. The van der Waals surface area contributed by atoms with Gasteiger partial charge in [0.1, 0.15) is 0 Å².